The topological polar surface area (TPSA) is 45.3 Å². The molecule has 1 amide bonds. The molecule has 0 aliphatic carbocycles. The van der Waals surface area contributed by atoms with Gasteiger partial charge >= 0.3 is 0 Å². The zero-order chi connectivity index (χ0) is 13.9. The fraction of sp³-hybridized carbons (Fsp3) is 0.312. The van der Waals surface area contributed by atoms with Crippen molar-refractivity contribution < 1.29 is 9.53 Å². The van der Waals surface area contributed by atoms with Crippen LogP contribution >= 0.6 is 0 Å². The van der Waals surface area contributed by atoms with Gasteiger partial charge in [0, 0.05) is 24.5 Å². The molecule has 20 heavy (non-hydrogen) atoms. The molecule has 1 aliphatic heterocycles. The van der Waals surface area contributed by atoms with E-state index in [0.717, 1.165) is 22.5 Å². The number of carbonyl (C=O) groups is 1. The van der Waals surface area contributed by atoms with Crippen LogP contribution in [0, 0.1) is 6.92 Å². The molecule has 0 unspecified atom stereocenters. The number of rotatable bonds is 2. The highest BCUT2D eigenvalue weighted by molar-refractivity contribution is 5.96. The van der Waals surface area contributed by atoms with Gasteiger partial charge in [0.1, 0.15) is 0 Å². The van der Waals surface area contributed by atoms with Crippen LogP contribution in [-0.4, -0.2) is 42.1 Å². The van der Waals surface area contributed by atoms with Crippen molar-refractivity contribution >= 4 is 5.91 Å². The molecule has 104 valence electrons. The lowest BCUT2D eigenvalue weighted by atomic mass is 10.1. The Balaban J connectivity index is 1.87. The van der Waals surface area contributed by atoms with E-state index < -0.39 is 0 Å². The van der Waals surface area contributed by atoms with E-state index in [-0.39, 0.29) is 5.91 Å². The van der Waals surface area contributed by atoms with Gasteiger partial charge in [-0.15, -0.1) is 0 Å². The molecule has 1 aliphatic rings. The highest BCUT2D eigenvalue weighted by atomic mass is 16.5. The fourth-order valence-corrected chi connectivity index (χ4v) is 2.49. The van der Waals surface area contributed by atoms with Crippen LogP contribution in [0.5, 0.6) is 0 Å². The molecule has 2 heterocycles. The van der Waals surface area contributed by atoms with Crippen molar-refractivity contribution in [3.05, 3.63) is 47.7 Å². The second-order valence-corrected chi connectivity index (χ2v) is 4.99. The van der Waals surface area contributed by atoms with Crippen molar-refractivity contribution in [1.29, 1.82) is 0 Å². The SMILES string of the molecule is Cc1[nH]c(-c2ccccc2)cc1C(=O)N1CCOCC1. The maximum absolute atomic E-state index is 12.5. The number of amides is 1. The molecule has 1 aromatic carbocycles. The molecule has 0 bridgehead atoms. The standard InChI is InChI=1S/C16H18N2O2/c1-12-14(16(19)18-7-9-20-10-8-18)11-15(17-12)13-5-3-2-4-6-13/h2-6,11,17H,7-10H2,1H3. The summed E-state index contributed by atoms with van der Waals surface area (Å²) in [6, 6.07) is 12.0. The van der Waals surface area contributed by atoms with Crippen molar-refractivity contribution in [2.45, 2.75) is 6.92 Å². The third kappa shape index (κ3) is 2.47. The van der Waals surface area contributed by atoms with Crippen LogP contribution in [0.15, 0.2) is 36.4 Å². The van der Waals surface area contributed by atoms with Crippen LogP contribution < -0.4 is 0 Å². The molecule has 0 atom stereocenters. The Morgan fingerprint density at radius 2 is 1.90 bits per heavy atom. The number of aromatic amines is 1. The van der Waals surface area contributed by atoms with Crippen molar-refractivity contribution in [2.24, 2.45) is 0 Å². The lowest BCUT2D eigenvalue weighted by Gasteiger charge is -2.26. The zero-order valence-corrected chi connectivity index (χ0v) is 11.6. The molecule has 1 N–H and O–H groups in total. The minimum absolute atomic E-state index is 0.0873. The molecular formula is C16H18N2O2. The van der Waals surface area contributed by atoms with Crippen LogP contribution in [0.3, 0.4) is 0 Å². The predicted molar refractivity (Wildman–Crippen MR) is 77.7 cm³/mol. The van der Waals surface area contributed by atoms with Gasteiger partial charge in [-0.25, -0.2) is 0 Å². The first-order valence-electron chi connectivity index (χ1n) is 6.88. The monoisotopic (exact) mass is 270 g/mol. The molecule has 0 radical (unpaired) electrons. The van der Waals surface area contributed by atoms with Crippen LogP contribution in [0.4, 0.5) is 0 Å². The van der Waals surface area contributed by atoms with Gasteiger partial charge < -0.3 is 14.6 Å². The number of morpholine rings is 1. The normalized spacial score (nSPS) is 15.3. The first-order chi connectivity index (χ1) is 9.75. The Labute approximate surface area is 118 Å². The van der Waals surface area contributed by atoms with Crippen LogP contribution in [0.2, 0.25) is 0 Å². The summed E-state index contributed by atoms with van der Waals surface area (Å²) in [5, 5.41) is 0. The highest BCUT2D eigenvalue weighted by Crippen LogP contribution is 2.22. The van der Waals surface area contributed by atoms with E-state index in [1.165, 1.54) is 0 Å². The molecule has 3 rings (SSSR count). The second kappa shape index (κ2) is 5.51. The summed E-state index contributed by atoms with van der Waals surface area (Å²) in [6.07, 6.45) is 0. The number of benzene rings is 1. The molecule has 1 fully saturated rings. The lowest BCUT2D eigenvalue weighted by molar-refractivity contribution is 0.0302. The number of H-pyrrole nitrogens is 1. The first-order valence-corrected chi connectivity index (χ1v) is 6.88. The largest absolute Gasteiger partial charge is 0.378 e. The number of carbonyl (C=O) groups excluding carboxylic acids is 1. The molecular weight excluding hydrogens is 252 g/mol. The van der Waals surface area contributed by atoms with E-state index in [4.69, 9.17) is 4.74 Å². The van der Waals surface area contributed by atoms with Gasteiger partial charge in [-0.05, 0) is 18.6 Å². The number of hydrogen-bond donors (Lipinski definition) is 1. The van der Waals surface area contributed by atoms with E-state index in [2.05, 4.69) is 4.98 Å². The summed E-state index contributed by atoms with van der Waals surface area (Å²) in [7, 11) is 0. The minimum Gasteiger partial charge on any atom is -0.378 e. The average molecular weight is 270 g/mol. The molecule has 0 spiro atoms. The van der Waals surface area contributed by atoms with Gasteiger partial charge in [-0.1, -0.05) is 30.3 Å². The number of aromatic nitrogens is 1. The van der Waals surface area contributed by atoms with Crippen molar-refractivity contribution in [3.8, 4) is 11.3 Å². The van der Waals surface area contributed by atoms with Crippen LogP contribution in [-0.2, 0) is 4.74 Å². The maximum Gasteiger partial charge on any atom is 0.255 e. The Kier molecular flexibility index (Phi) is 3.56. The third-order valence-corrected chi connectivity index (χ3v) is 3.63. The van der Waals surface area contributed by atoms with Gasteiger partial charge in [0.05, 0.1) is 18.8 Å². The Morgan fingerprint density at radius 1 is 1.20 bits per heavy atom. The summed E-state index contributed by atoms with van der Waals surface area (Å²) in [5.74, 6) is 0.0873. The Hall–Kier alpha value is -2.07. The second-order valence-electron chi connectivity index (χ2n) is 4.99. The zero-order valence-electron chi connectivity index (χ0n) is 11.6. The molecule has 1 saturated heterocycles. The number of ether oxygens (including phenoxy) is 1. The van der Waals surface area contributed by atoms with Gasteiger partial charge in [-0.3, -0.25) is 4.79 Å². The maximum atomic E-state index is 12.5. The molecule has 4 heteroatoms. The van der Waals surface area contributed by atoms with Gasteiger partial charge in [0.2, 0.25) is 0 Å². The van der Waals surface area contributed by atoms with E-state index in [9.17, 15) is 4.79 Å². The summed E-state index contributed by atoms with van der Waals surface area (Å²) < 4.78 is 5.29. The first kappa shape index (κ1) is 12.9. The van der Waals surface area contributed by atoms with E-state index >= 15 is 0 Å². The van der Waals surface area contributed by atoms with Gasteiger partial charge in [-0.2, -0.15) is 0 Å². The number of hydrogen-bond acceptors (Lipinski definition) is 2. The van der Waals surface area contributed by atoms with Crippen molar-refractivity contribution in [1.82, 2.24) is 9.88 Å². The van der Waals surface area contributed by atoms with E-state index in [1.807, 2.05) is 48.2 Å². The highest BCUT2D eigenvalue weighted by Gasteiger charge is 2.21. The van der Waals surface area contributed by atoms with Crippen molar-refractivity contribution in [2.75, 3.05) is 26.3 Å². The third-order valence-electron chi connectivity index (χ3n) is 3.63. The van der Waals surface area contributed by atoms with Crippen LogP contribution in [0.25, 0.3) is 11.3 Å². The summed E-state index contributed by atoms with van der Waals surface area (Å²) in [5.41, 5.74) is 3.75. The quantitative estimate of drug-likeness (QED) is 0.911. The van der Waals surface area contributed by atoms with Crippen molar-refractivity contribution in [3.63, 3.8) is 0 Å². The van der Waals surface area contributed by atoms with E-state index in [1.54, 1.807) is 0 Å². The van der Waals surface area contributed by atoms with Gasteiger partial charge in [0.25, 0.3) is 5.91 Å². The average Bonchev–Trinajstić information content (AvgIpc) is 2.90. The lowest BCUT2D eigenvalue weighted by Crippen LogP contribution is -2.40. The van der Waals surface area contributed by atoms with Gasteiger partial charge in [0.15, 0.2) is 0 Å². The Morgan fingerprint density at radius 3 is 2.60 bits per heavy atom. The summed E-state index contributed by atoms with van der Waals surface area (Å²) >= 11 is 0. The minimum atomic E-state index is 0.0873. The number of aryl methyl sites for hydroxylation is 1. The fourth-order valence-electron chi connectivity index (χ4n) is 2.49. The van der Waals surface area contributed by atoms with E-state index in [0.29, 0.717) is 26.3 Å². The molecule has 2 aromatic rings. The molecule has 1 aromatic heterocycles. The molecule has 0 saturated carbocycles. The number of nitrogens with one attached hydrogen (secondary N) is 1. The summed E-state index contributed by atoms with van der Waals surface area (Å²) in [4.78, 5) is 17.7. The Bertz CT molecular complexity index is 598. The molecule has 4 nitrogen and oxygen atoms in total. The predicted octanol–water partition coefficient (Wildman–Crippen LogP) is 2.46. The summed E-state index contributed by atoms with van der Waals surface area (Å²) in [6.45, 7) is 4.54. The smallest absolute Gasteiger partial charge is 0.255 e. The number of nitrogens with zero attached hydrogens (tertiary/aromatic N) is 1. The van der Waals surface area contributed by atoms with Crippen LogP contribution in [0.1, 0.15) is 16.1 Å².